The Morgan fingerprint density at radius 1 is 1.19 bits per heavy atom. The summed E-state index contributed by atoms with van der Waals surface area (Å²) in [4.78, 5) is 30.3. The van der Waals surface area contributed by atoms with Crippen LogP contribution in [0.2, 0.25) is 0 Å². The first-order chi connectivity index (χ1) is 15.4. The van der Waals surface area contributed by atoms with Crippen LogP contribution in [0.4, 0.5) is 10.1 Å². The Hall–Kier alpha value is -3.17. The number of hydrogen-bond acceptors (Lipinski definition) is 6. The highest BCUT2D eigenvalue weighted by molar-refractivity contribution is 7.99. The van der Waals surface area contributed by atoms with E-state index in [9.17, 15) is 14.0 Å². The van der Waals surface area contributed by atoms with Crippen LogP contribution in [0.3, 0.4) is 0 Å². The molecule has 9 heteroatoms. The molecular formula is C23H20FN3O3S2. The first-order valence-corrected chi connectivity index (χ1v) is 11.6. The van der Waals surface area contributed by atoms with Crippen molar-refractivity contribution in [1.82, 2.24) is 9.55 Å². The molecular weight excluding hydrogens is 449 g/mol. The van der Waals surface area contributed by atoms with Gasteiger partial charge in [0, 0.05) is 11.8 Å². The zero-order valence-electron chi connectivity index (χ0n) is 17.6. The Labute approximate surface area is 192 Å². The number of rotatable bonds is 6. The number of methoxy groups -OCH3 is 1. The predicted molar refractivity (Wildman–Crippen MR) is 127 cm³/mol. The van der Waals surface area contributed by atoms with E-state index in [0.29, 0.717) is 26.7 Å². The van der Waals surface area contributed by atoms with E-state index in [-0.39, 0.29) is 23.0 Å². The van der Waals surface area contributed by atoms with Crippen molar-refractivity contribution >= 4 is 44.9 Å². The van der Waals surface area contributed by atoms with Crippen LogP contribution in [0.1, 0.15) is 11.1 Å². The average molecular weight is 470 g/mol. The Bertz CT molecular complexity index is 1380. The lowest BCUT2D eigenvalue weighted by atomic mass is 10.1. The van der Waals surface area contributed by atoms with E-state index < -0.39 is 5.82 Å². The number of hydrogen-bond donors (Lipinski definition) is 1. The zero-order valence-corrected chi connectivity index (χ0v) is 19.3. The highest BCUT2D eigenvalue weighted by Gasteiger charge is 2.16. The van der Waals surface area contributed by atoms with Crippen LogP contribution in [0, 0.1) is 19.7 Å². The molecule has 32 heavy (non-hydrogen) atoms. The van der Waals surface area contributed by atoms with E-state index in [0.717, 1.165) is 22.9 Å². The number of thioether (sulfide) groups is 1. The van der Waals surface area contributed by atoms with Crippen LogP contribution in [0.25, 0.3) is 15.9 Å². The molecule has 0 spiro atoms. The predicted octanol–water partition coefficient (Wildman–Crippen LogP) is 4.94. The smallest absolute Gasteiger partial charge is 0.276 e. The molecule has 0 fully saturated rings. The summed E-state index contributed by atoms with van der Waals surface area (Å²) in [6.45, 7) is 3.99. The largest absolute Gasteiger partial charge is 0.494 e. The second-order valence-corrected chi connectivity index (χ2v) is 8.98. The molecule has 2 aromatic carbocycles. The van der Waals surface area contributed by atoms with Gasteiger partial charge in [-0.1, -0.05) is 17.8 Å². The number of aryl methyl sites for hydroxylation is 2. The van der Waals surface area contributed by atoms with Crippen LogP contribution in [0.5, 0.6) is 5.75 Å². The quantitative estimate of drug-likeness (QED) is 0.320. The maximum atomic E-state index is 13.9. The lowest BCUT2D eigenvalue weighted by Crippen LogP contribution is -2.22. The summed E-state index contributed by atoms with van der Waals surface area (Å²) in [7, 11) is 1.37. The number of nitrogens with one attached hydrogen (secondary N) is 1. The second-order valence-electron chi connectivity index (χ2n) is 7.12. The molecule has 2 heterocycles. The van der Waals surface area contributed by atoms with Crippen molar-refractivity contribution in [3.05, 3.63) is 75.1 Å². The normalized spacial score (nSPS) is 11.0. The molecule has 0 saturated carbocycles. The van der Waals surface area contributed by atoms with Crippen molar-refractivity contribution in [3.8, 4) is 11.4 Å². The summed E-state index contributed by atoms with van der Waals surface area (Å²) in [6.07, 6.45) is 0. The number of anilines is 1. The molecule has 164 valence electrons. The zero-order chi connectivity index (χ0) is 22.8. The minimum Gasteiger partial charge on any atom is -0.494 e. The average Bonchev–Trinajstić information content (AvgIpc) is 3.24. The maximum absolute atomic E-state index is 13.9. The Kier molecular flexibility index (Phi) is 6.29. The van der Waals surface area contributed by atoms with Crippen molar-refractivity contribution < 1.29 is 13.9 Å². The molecule has 0 aliphatic carbocycles. The van der Waals surface area contributed by atoms with E-state index in [1.54, 1.807) is 12.1 Å². The van der Waals surface area contributed by atoms with E-state index >= 15 is 0 Å². The molecule has 0 unspecified atom stereocenters. The molecule has 6 nitrogen and oxygen atoms in total. The number of nitrogens with zero attached hydrogens (tertiary/aromatic N) is 2. The van der Waals surface area contributed by atoms with Gasteiger partial charge in [-0.05, 0) is 60.7 Å². The molecule has 1 amide bonds. The fourth-order valence-electron chi connectivity index (χ4n) is 3.15. The van der Waals surface area contributed by atoms with E-state index in [1.807, 2.05) is 37.4 Å². The molecule has 4 aromatic rings. The van der Waals surface area contributed by atoms with Gasteiger partial charge in [-0.25, -0.2) is 9.37 Å². The van der Waals surface area contributed by atoms with Gasteiger partial charge in [0.2, 0.25) is 5.91 Å². The number of benzene rings is 2. The van der Waals surface area contributed by atoms with Crippen molar-refractivity contribution in [3.63, 3.8) is 0 Å². The fourth-order valence-corrected chi connectivity index (χ4v) is 4.72. The Balaban J connectivity index is 1.62. The maximum Gasteiger partial charge on any atom is 0.276 e. The number of halogens is 1. The number of carbonyl (C=O) groups is 1. The van der Waals surface area contributed by atoms with Crippen molar-refractivity contribution in [1.29, 1.82) is 0 Å². The third kappa shape index (κ3) is 4.39. The molecule has 4 rings (SSSR count). The molecule has 0 aliphatic heterocycles. The standard InChI is InChI=1S/C23H20FN3O3S2/c1-13-4-6-16(10-14(13)2)27-22(29)21-18(8-9-31-21)26-23(27)32-12-20(28)25-15-5-7-19(30-3)17(24)11-15/h4-11H,12H2,1-3H3,(H,25,28). The highest BCUT2D eigenvalue weighted by atomic mass is 32.2. The number of ether oxygens (including phenoxy) is 1. The third-order valence-corrected chi connectivity index (χ3v) is 6.80. The highest BCUT2D eigenvalue weighted by Crippen LogP contribution is 2.25. The molecule has 0 saturated heterocycles. The van der Waals surface area contributed by atoms with Gasteiger partial charge >= 0.3 is 0 Å². The van der Waals surface area contributed by atoms with Crippen molar-refractivity contribution in [2.24, 2.45) is 0 Å². The molecule has 0 radical (unpaired) electrons. The van der Waals surface area contributed by atoms with Gasteiger partial charge in [-0.2, -0.15) is 0 Å². The van der Waals surface area contributed by atoms with Crippen LogP contribution < -0.4 is 15.6 Å². The fraction of sp³-hybridized carbons (Fsp3) is 0.174. The van der Waals surface area contributed by atoms with Gasteiger partial charge in [0.25, 0.3) is 5.56 Å². The van der Waals surface area contributed by atoms with Gasteiger partial charge in [-0.3, -0.25) is 14.2 Å². The van der Waals surface area contributed by atoms with Crippen LogP contribution in [-0.2, 0) is 4.79 Å². The van der Waals surface area contributed by atoms with E-state index in [4.69, 9.17) is 4.74 Å². The van der Waals surface area contributed by atoms with Crippen LogP contribution in [-0.4, -0.2) is 28.3 Å². The van der Waals surface area contributed by atoms with Gasteiger partial charge in [0.15, 0.2) is 16.7 Å². The topological polar surface area (TPSA) is 73.2 Å². The van der Waals surface area contributed by atoms with Gasteiger partial charge in [0.1, 0.15) is 4.70 Å². The van der Waals surface area contributed by atoms with E-state index in [2.05, 4.69) is 10.3 Å². The minimum absolute atomic E-state index is 0.000571. The summed E-state index contributed by atoms with van der Waals surface area (Å²) in [5.41, 5.74) is 3.61. The number of thiophene rings is 1. The minimum atomic E-state index is -0.564. The van der Waals surface area contributed by atoms with Crippen molar-refractivity contribution in [2.45, 2.75) is 19.0 Å². The van der Waals surface area contributed by atoms with Gasteiger partial charge in [0.05, 0.1) is 24.1 Å². The molecule has 1 N–H and O–H groups in total. The summed E-state index contributed by atoms with van der Waals surface area (Å²) in [6, 6.07) is 11.7. The summed E-state index contributed by atoms with van der Waals surface area (Å²) in [5.74, 6) is -0.805. The number of carbonyl (C=O) groups excluding carboxylic acids is 1. The van der Waals surface area contributed by atoms with Gasteiger partial charge < -0.3 is 10.1 Å². The molecule has 0 aliphatic rings. The van der Waals surface area contributed by atoms with E-state index in [1.165, 1.54) is 35.1 Å². The lowest BCUT2D eigenvalue weighted by molar-refractivity contribution is -0.113. The first kappa shape index (κ1) is 22.0. The number of aromatic nitrogens is 2. The van der Waals surface area contributed by atoms with Crippen LogP contribution >= 0.6 is 23.1 Å². The summed E-state index contributed by atoms with van der Waals surface area (Å²) >= 11 is 2.49. The summed E-state index contributed by atoms with van der Waals surface area (Å²) < 4.78 is 20.9. The second kappa shape index (κ2) is 9.13. The molecule has 0 bridgehead atoms. The SMILES string of the molecule is COc1ccc(NC(=O)CSc2nc3ccsc3c(=O)n2-c2ccc(C)c(C)c2)cc1F. The molecule has 0 atom stereocenters. The lowest BCUT2D eigenvalue weighted by Gasteiger charge is -2.13. The number of fused-ring (bicyclic) bond motifs is 1. The Morgan fingerprint density at radius 3 is 2.72 bits per heavy atom. The third-order valence-electron chi connectivity index (χ3n) is 4.97. The van der Waals surface area contributed by atoms with Crippen LogP contribution in [0.15, 0.2) is 57.8 Å². The van der Waals surface area contributed by atoms with Crippen molar-refractivity contribution in [2.75, 3.05) is 18.2 Å². The summed E-state index contributed by atoms with van der Waals surface area (Å²) in [5, 5.41) is 4.90. The number of amides is 1. The Morgan fingerprint density at radius 2 is 2.00 bits per heavy atom. The first-order valence-electron chi connectivity index (χ1n) is 9.71. The molecule has 2 aromatic heterocycles. The monoisotopic (exact) mass is 469 g/mol. The van der Waals surface area contributed by atoms with Gasteiger partial charge in [-0.15, -0.1) is 11.3 Å².